The molecule has 1 heterocycles. The summed E-state index contributed by atoms with van der Waals surface area (Å²) in [5.41, 5.74) is 1.86. The lowest BCUT2D eigenvalue weighted by molar-refractivity contribution is -0.885. The highest BCUT2D eigenvalue weighted by atomic mass is 35.5. The number of nitrogens with one attached hydrogen (secondary N) is 2. The van der Waals surface area contributed by atoms with Crippen LogP contribution < -0.4 is 19.7 Å². The average Bonchev–Trinajstić information content (AvgIpc) is 2.62. The molecule has 0 saturated carbocycles. The van der Waals surface area contributed by atoms with E-state index in [1.807, 2.05) is 49.7 Å². The molecule has 0 fully saturated rings. The number of fused-ring (bicyclic) bond motifs is 1. The van der Waals surface area contributed by atoms with Gasteiger partial charge >= 0.3 is 0 Å². The Bertz CT molecular complexity index is 800. The third-order valence-corrected chi connectivity index (χ3v) is 5.08. The van der Waals surface area contributed by atoms with Crippen molar-refractivity contribution in [3.63, 3.8) is 0 Å². The van der Waals surface area contributed by atoms with E-state index in [-0.39, 0.29) is 5.91 Å². The molecular weight excluding hydrogens is 372 g/mol. The Balaban J connectivity index is 1.61. The number of halogens is 1. The van der Waals surface area contributed by atoms with Gasteiger partial charge in [-0.3, -0.25) is 4.79 Å². The predicted octanol–water partition coefficient (Wildman–Crippen LogP) is 2.49. The van der Waals surface area contributed by atoms with Gasteiger partial charge in [0.05, 0.1) is 17.8 Å². The molecule has 1 atom stereocenters. The molecule has 0 saturated heterocycles. The average molecular weight is 394 g/mol. The molecule has 0 radical (unpaired) electrons. The van der Waals surface area contributed by atoms with Crippen molar-refractivity contribution in [3.05, 3.63) is 47.0 Å². The molecule has 0 aliphatic carbocycles. The lowest BCUT2D eigenvalue weighted by Gasteiger charge is -2.21. The minimum atomic E-state index is -0.0207. The highest BCUT2D eigenvalue weighted by molar-refractivity contribution is 7.98. The van der Waals surface area contributed by atoms with Gasteiger partial charge in [-0.25, -0.2) is 0 Å². The molecule has 1 unspecified atom stereocenters. The smallest absolute Gasteiger partial charge is 0.279 e. The zero-order valence-electron chi connectivity index (χ0n) is 14.8. The quantitative estimate of drug-likeness (QED) is 0.740. The summed E-state index contributed by atoms with van der Waals surface area (Å²) in [7, 11) is 1.98. The van der Waals surface area contributed by atoms with Gasteiger partial charge in [-0.2, -0.15) is 0 Å². The number of para-hydroxylation sites is 1. The van der Waals surface area contributed by atoms with Crippen LogP contribution in [-0.2, 0) is 11.3 Å². The summed E-state index contributed by atoms with van der Waals surface area (Å²) in [5, 5.41) is 3.53. The zero-order valence-corrected chi connectivity index (χ0v) is 16.4. The van der Waals surface area contributed by atoms with Crippen molar-refractivity contribution in [2.75, 3.05) is 38.4 Å². The largest absolute Gasteiger partial charge is 0.486 e. The lowest BCUT2D eigenvalue weighted by Crippen LogP contribution is -3.08. The number of carbonyl (C=O) groups is 1. The van der Waals surface area contributed by atoms with Gasteiger partial charge < -0.3 is 19.7 Å². The first-order valence-corrected chi connectivity index (χ1v) is 9.99. The number of hydrogen-bond donors (Lipinski definition) is 2. The SMILES string of the molecule is CSc1ccccc1NC(=O)C[NH+](C)Cc1cc(Cl)c2c(c1)OCCO2. The third kappa shape index (κ3) is 4.63. The van der Waals surface area contributed by atoms with Crippen LogP contribution >= 0.6 is 23.4 Å². The maximum Gasteiger partial charge on any atom is 0.279 e. The van der Waals surface area contributed by atoms with Crippen molar-refractivity contribution in [1.82, 2.24) is 0 Å². The Morgan fingerprint density at radius 2 is 2.04 bits per heavy atom. The molecule has 0 spiro atoms. The number of anilines is 1. The van der Waals surface area contributed by atoms with Crippen LogP contribution in [0.2, 0.25) is 5.02 Å². The van der Waals surface area contributed by atoms with Gasteiger partial charge in [-0.1, -0.05) is 23.7 Å². The van der Waals surface area contributed by atoms with E-state index in [1.165, 1.54) is 0 Å². The van der Waals surface area contributed by atoms with Gasteiger partial charge in [0.2, 0.25) is 0 Å². The summed E-state index contributed by atoms with van der Waals surface area (Å²) in [4.78, 5) is 14.5. The Labute approximate surface area is 162 Å². The Kier molecular flexibility index (Phi) is 6.29. The summed E-state index contributed by atoms with van der Waals surface area (Å²) in [6, 6.07) is 11.6. The molecule has 26 heavy (non-hydrogen) atoms. The molecular formula is C19H22ClN2O3S+. The lowest BCUT2D eigenvalue weighted by atomic mass is 10.2. The van der Waals surface area contributed by atoms with Crippen LogP contribution in [0.4, 0.5) is 5.69 Å². The summed E-state index contributed by atoms with van der Waals surface area (Å²) < 4.78 is 11.1. The Hall–Kier alpha value is -1.89. The fourth-order valence-corrected chi connectivity index (χ4v) is 3.74. The van der Waals surface area contributed by atoms with Gasteiger partial charge in [0.1, 0.15) is 19.8 Å². The van der Waals surface area contributed by atoms with Crippen molar-refractivity contribution in [2.45, 2.75) is 11.4 Å². The fourth-order valence-electron chi connectivity index (χ4n) is 2.89. The maximum atomic E-state index is 12.4. The van der Waals surface area contributed by atoms with Crippen LogP contribution in [-0.4, -0.2) is 39.0 Å². The molecule has 7 heteroatoms. The van der Waals surface area contributed by atoms with Crippen molar-refractivity contribution < 1.29 is 19.2 Å². The molecule has 2 N–H and O–H groups in total. The van der Waals surface area contributed by atoms with Crippen LogP contribution in [0.3, 0.4) is 0 Å². The van der Waals surface area contributed by atoms with Crippen molar-refractivity contribution in [3.8, 4) is 11.5 Å². The topological polar surface area (TPSA) is 52.0 Å². The summed E-state index contributed by atoms with van der Waals surface area (Å²) in [5.74, 6) is 1.25. The highest BCUT2D eigenvalue weighted by Gasteiger charge is 2.19. The number of rotatable bonds is 6. The second kappa shape index (κ2) is 8.66. The molecule has 2 aromatic rings. The number of benzene rings is 2. The van der Waals surface area contributed by atoms with E-state index < -0.39 is 0 Å². The number of carbonyl (C=O) groups excluding carboxylic acids is 1. The Morgan fingerprint density at radius 3 is 2.85 bits per heavy atom. The molecule has 0 bridgehead atoms. The van der Waals surface area contributed by atoms with Gasteiger partial charge in [-0.15, -0.1) is 11.8 Å². The molecule has 5 nitrogen and oxygen atoms in total. The fraction of sp³-hybridized carbons (Fsp3) is 0.316. The number of likely N-dealkylation sites (N-methyl/N-ethyl adjacent to an activating group) is 1. The van der Waals surface area contributed by atoms with Crippen LogP contribution in [0, 0.1) is 0 Å². The van der Waals surface area contributed by atoms with Gasteiger partial charge in [0, 0.05) is 10.5 Å². The molecule has 3 rings (SSSR count). The zero-order chi connectivity index (χ0) is 18.5. The number of hydrogen-bond acceptors (Lipinski definition) is 4. The van der Waals surface area contributed by atoms with E-state index in [0.29, 0.717) is 42.8 Å². The first-order valence-electron chi connectivity index (χ1n) is 8.39. The molecule has 2 aromatic carbocycles. The van der Waals surface area contributed by atoms with Crippen LogP contribution in [0.5, 0.6) is 11.5 Å². The Morgan fingerprint density at radius 1 is 1.27 bits per heavy atom. The number of ether oxygens (including phenoxy) is 2. The van der Waals surface area contributed by atoms with E-state index in [1.54, 1.807) is 11.8 Å². The van der Waals surface area contributed by atoms with E-state index >= 15 is 0 Å². The third-order valence-electron chi connectivity index (χ3n) is 4.01. The number of quaternary nitrogens is 1. The molecule has 138 valence electrons. The van der Waals surface area contributed by atoms with E-state index in [2.05, 4.69) is 5.32 Å². The molecule has 1 aliphatic heterocycles. The first-order chi connectivity index (χ1) is 12.6. The van der Waals surface area contributed by atoms with Crippen LogP contribution in [0.25, 0.3) is 0 Å². The van der Waals surface area contributed by atoms with Crippen molar-refractivity contribution in [2.24, 2.45) is 0 Å². The molecule has 1 aliphatic rings. The van der Waals surface area contributed by atoms with E-state index in [9.17, 15) is 4.79 Å². The summed E-state index contributed by atoms with van der Waals surface area (Å²) in [6.45, 7) is 2.05. The highest BCUT2D eigenvalue weighted by Crippen LogP contribution is 2.38. The van der Waals surface area contributed by atoms with Gasteiger partial charge in [0.25, 0.3) is 5.91 Å². The van der Waals surface area contributed by atoms with Gasteiger partial charge in [0.15, 0.2) is 18.0 Å². The van der Waals surface area contributed by atoms with Crippen LogP contribution in [0.15, 0.2) is 41.3 Å². The van der Waals surface area contributed by atoms with Crippen molar-refractivity contribution in [1.29, 1.82) is 0 Å². The minimum Gasteiger partial charge on any atom is -0.486 e. The standard InChI is InChI=1S/C19H21ClN2O3S/c1-22(12-18(23)21-15-5-3-4-6-17(15)26-2)11-13-9-14(20)19-16(10-13)24-7-8-25-19/h3-6,9-10H,7-8,11-12H2,1-2H3,(H,21,23)/p+1. The second-order valence-electron chi connectivity index (χ2n) is 6.16. The normalized spacial score (nSPS) is 14.0. The number of amides is 1. The summed E-state index contributed by atoms with van der Waals surface area (Å²) >= 11 is 7.89. The monoisotopic (exact) mass is 393 g/mol. The number of thioether (sulfide) groups is 1. The van der Waals surface area contributed by atoms with E-state index in [4.69, 9.17) is 21.1 Å². The predicted molar refractivity (Wildman–Crippen MR) is 105 cm³/mol. The van der Waals surface area contributed by atoms with E-state index in [0.717, 1.165) is 21.0 Å². The minimum absolute atomic E-state index is 0.0207. The molecule has 0 aromatic heterocycles. The summed E-state index contributed by atoms with van der Waals surface area (Å²) in [6.07, 6.45) is 1.99. The first kappa shape index (κ1) is 18.9. The van der Waals surface area contributed by atoms with Crippen LogP contribution in [0.1, 0.15) is 5.56 Å². The molecule has 1 amide bonds. The van der Waals surface area contributed by atoms with Crippen molar-refractivity contribution >= 4 is 35.0 Å². The second-order valence-corrected chi connectivity index (χ2v) is 7.42. The van der Waals surface area contributed by atoms with Gasteiger partial charge in [-0.05, 0) is 30.5 Å². The maximum absolute atomic E-state index is 12.4.